The van der Waals surface area contributed by atoms with Crippen LogP contribution in [0.15, 0.2) is 4.79 Å². The second-order valence-corrected chi connectivity index (χ2v) is 4.37. The van der Waals surface area contributed by atoms with Crippen molar-refractivity contribution >= 4 is 5.95 Å². The minimum Gasteiger partial charge on any atom is -0.339 e. The van der Waals surface area contributed by atoms with Crippen molar-refractivity contribution in [2.75, 3.05) is 24.5 Å². The molecule has 3 rings (SSSR count). The van der Waals surface area contributed by atoms with Crippen molar-refractivity contribution in [1.82, 2.24) is 20.5 Å². The van der Waals surface area contributed by atoms with Crippen molar-refractivity contribution in [1.29, 1.82) is 0 Å². The molecular weight excluding hydrogens is 194 g/mol. The third kappa shape index (κ3) is 1.54. The molecule has 6 nitrogen and oxygen atoms in total. The van der Waals surface area contributed by atoms with Crippen LogP contribution in [0.5, 0.6) is 0 Å². The topological polar surface area (TPSA) is 76.8 Å². The van der Waals surface area contributed by atoms with Crippen LogP contribution in [-0.4, -0.2) is 40.9 Å². The van der Waals surface area contributed by atoms with E-state index >= 15 is 0 Å². The zero-order valence-electron chi connectivity index (χ0n) is 8.49. The fourth-order valence-electron chi connectivity index (χ4n) is 2.63. The highest BCUT2D eigenvalue weighted by molar-refractivity contribution is 5.31. The average molecular weight is 209 g/mol. The normalized spacial score (nSPS) is 30.5. The van der Waals surface area contributed by atoms with Gasteiger partial charge in [-0.1, -0.05) is 0 Å². The van der Waals surface area contributed by atoms with Gasteiger partial charge in [-0.15, -0.1) is 5.10 Å². The van der Waals surface area contributed by atoms with Gasteiger partial charge in [0.05, 0.1) is 0 Å². The standard InChI is InChI=1S/C9H15N5O/c15-9-11-8(12-13-9)14-4-6-2-1-3-10-7(6)5-14/h6-7,10H,1-5H2,(H2,11,12,13,15). The number of H-pyrrole nitrogens is 2. The molecule has 2 atom stereocenters. The van der Waals surface area contributed by atoms with E-state index in [9.17, 15) is 4.79 Å². The van der Waals surface area contributed by atoms with Gasteiger partial charge < -0.3 is 10.2 Å². The van der Waals surface area contributed by atoms with E-state index in [1.807, 2.05) is 0 Å². The maximum Gasteiger partial charge on any atom is 0.342 e. The molecule has 1 aromatic rings. The van der Waals surface area contributed by atoms with Crippen LogP contribution in [0.1, 0.15) is 12.8 Å². The van der Waals surface area contributed by atoms with E-state index in [1.54, 1.807) is 0 Å². The van der Waals surface area contributed by atoms with Gasteiger partial charge in [-0.2, -0.15) is 0 Å². The Morgan fingerprint density at radius 1 is 1.40 bits per heavy atom. The largest absolute Gasteiger partial charge is 0.342 e. The first-order chi connectivity index (χ1) is 7.33. The molecule has 3 heterocycles. The lowest BCUT2D eigenvalue weighted by atomic mass is 9.94. The first kappa shape index (κ1) is 8.96. The fourth-order valence-corrected chi connectivity index (χ4v) is 2.63. The summed E-state index contributed by atoms with van der Waals surface area (Å²) in [6.07, 6.45) is 2.54. The van der Waals surface area contributed by atoms with Crippen LogP contribution in [-0.2, 0) is 0 Å². The number of rotatable bonds is 1. The van der Waals surface area contributed by atoms with Crippen molar-refractivity contribution in [2.45, 2.75) is 18.9 Å². The molecule has 0 aliphatic carbocycles. The van der Waals surface area contributed by atoms with Gasteiger partial charge in [0.1, 0.15) is 0 Å². The van der Waals surface area contributed by atoms with E-state index in [0.717, 1.165) is 19.6 Å². The Kier molecular flexibility index (Phi) is 2.02. The van der Waals surface area contributed by atoms with E-state index in [0.29, 0.717) is 17.9 Å². The SMILES string of the molecule is O=c1[nH]nc(N2CC3CCCNC3C2)[nH]1. The van der Waals surface area contributed by atoms with Crippen molar-refractivity contribution in [2.24, 2.45) is 5.92 Å². The summed E-state index contributed by atoms with van der Waals surface area (Å²) in [5.74, 6) is 1.38. The van der Waals surface area contributed by atoms with Crippen LogP contribution >= 0.6 is 0 Å². The molecular formula is C9H15N5O. The number of nitrogens with one attached hydrogen (secondary N) is 3. The third-order valence-corrected chi connectivity index (χ3v) is 3.39. The Balaban J connectivity index is 1.77. The number of nitrogens with zero attached hydrogens (tertiary/aromatic N) is 2. The molecule has 2 saturated heterocycles. The van der Waals surface area contributed by atoms with Gasteiger partial charge in [0.25, 0.3) is 0 Å². The van der Waals surface area contributed by atoms with E-state index in [1.165, 1.54) is 12.8 Å². The monoisotopic (exact) mass is 209 g/mol. The van der Waals surface area contributed by atoms with Gasteiger partial charge in [0, 0.05) is 19.1 Å². The van der Waals surface area contributed by atoms with Gasteiger partial charge in [0.15, 0.2) is 0 Å². The van der Waals surface area contributed by atoms with Crippen molar-refractivity contribution in [3.8, 4) is 0 Å². The highest BCUT2D eigenvalue weighted by Crippen LogP contribution is 2.26. The molecule has 0 aromatic carbocycles. The third-order valence-electron chi connectivity index (χ3n) is 3.39. The Morgan fingerprint density at radius 3 is 3.07 bits per heavy atom. The number of aromatic amines is 2. The van der Waals surface area contributed by atoms with E-state index in [4.69, 9.17) is 0 Å². The summed E-state index contributed by atoms with van der Waals surface area (Å²) < 4.78 is 0. The molecule has 82 valence electrons. The Bertz CT molecular complexity index is 383. The molecule has 3 N–H and O–H groups in total. The zero-order valence-corrected chi connectivity index (χ0v) is 8.49. The van der Waals surface area contributed by atoms with Crippen LogP contribution in [0, 0.1) is 5.92 Å². The lowest BCUT2D eigenvalue weighted by Crippen LogP contribution is -2.40. The molecule has 0 saturated carbocycles. The predicted molar refractivity (Wildman–Crippen MR) is 55.9 cm³/mol. The summed E-state index contributed by atoms with van der Waals surface area (Å²) in [6.45, 7) is 3.07. The van der Waals surface area contributed by atoms with Crippen LogP contribution < -0.4 is 15.9 Å². The molecule has 15 heavy (non-hydrogen) atoms. The maximum absolute atomic E-state index is 10.9. The summed E-state index contributed by atoms with van der Waals surface area (Å²) in [5.41, 5.74) is -0.229. The molecule has 2 unspecified atom stereocenters. The molecule has 6 heteroatoms. The molecule has 0 spiro atoms. The fraction of sp³-hybridized carbons (Fsp3) is 0.778. The number of hydrogen-bond donors (Lipinski definition) is 3. The van der Waals surface area contributed by atoms with Gasteiger partial charge >= 0.3 is 5.69 Å². The second kappa shape index (κ2) is 3.37. The lowest BCUT2D eigenvalue weighted by molar-refractivity contribution is 0.340. The molecule has 2 fully saturated rings. The van der Waals surface area contributed by atoms with Gasteiger partial charge in [-0.3, -0.25) is 4.98 Å². The Hall–Kier alpha value is -1.30. The average Bonchev–Trinajstić information content (AvgIpc) is 2.82. The van der Waals surface area contributed by atoms with Crippen molar-refractivity contribution < 1.29 is 0 Å². The highest BCUT2D eigenvalue weighted by atomic mass is 16.1. The Labute approximate surface area is 87.1 Å². The minimum atomic E-state index is -0.229. The molecule has 0 bridgehead atoms. The number of piperidine rings is 1. The van der Waals surface area contributed by atoms with Gasteiger partial charge in [-0.25, -0.2) is 9.89 Å². The summed E-state index contributed by atoms with van der Waals surface area (Å²) in [6, 6.07) is 0.568. The minimum absolute atomic E-state index is 0.229. The van der Waals surface area contributed by atoms with E-state index in [-0.39, 0.29) is 5.69 Å². The lowest BCUT2D eigenvalue weighted by Gasteiger charge is -2.24. The summed E-state index contributed by atoms with van der Waals surface area (Å²) in [5, 5.41) is 9.88. The smallest absolute Gasteiger partial charge is 0.339 e. The summed E-state index contributed by atoms with van der Waals surface area (Å²) in [4.78, 5) is 15.8. The quantitative estimate of drug-likeness (QED) is 0.571. The molecule has 2 aliphatic heterocycles. The summed E-state index contributed by atoms with van der Waals surface area (Å²) >= 11 is 0. The van der Waals surface area contributed by atoms with Crippen LogP contribution in [0.3, 0.4) is 0 Å². The van der Waals surface area contributed by atoms with Gasteiger partial charge in [0.2, 0.25) is 5.95 Å². The van der Waals surface area contributed by atoms with Gasteiger partial charge in [-0.05, 0) is 25.3 Å². The zero-order chi connectivity index (χ0) is 10.3. The first-order valence-corrected chi connectivity index (χ1v) is 5.46. The second-order valence-electron chi connectivity index (χ2n) is 4.37. The molecule has 1 aromatic heterocycles. The number of anilines is 1. The van der Waals surface area contributed by atoms with Crippen LogP contribution in [0.2, 0.25) is 0 Å². The first-order valence-electron chi connectivity index (χ1n) is 5.46. The van der Waals surface area contributed by atoms with Crippen LogP contribution in [0.25, 0.3) is 0 Å². The van der Waals surface area contributed by atoms with Crippen molar-refractivity contribution in [3.63, 3.8) is 0 Å². The molecule has 2 aliphatic rings. The Morgan fingerprint density at radius 2 is 2.33 bits per heavy atom. The molecule has 0 amide bonds. The number of hydrogen-bond acceptors (Lipinski definition) is 4. The van der Waals surface area contributed by atoms with Crippen LogP contribution in [0.4, 0.5) is 5.95 Å². The molecule has 0 radical (unpaired) electrons. The number of fused-ring (bicyclic) bond motifs is 1. The maximum atomic E-state index is 10.9. The van der Waals surface area contributed by atoms with Crippen molar-refractivity contribution in [3.05, 3.63) is 10.5 Å². The number of aromatic nitrogens is 3. The highest BCUT2D eigenvalue weighted by Gasteiger charge is 2.35. The van der Waals surface area contributed by atoms with E-state index < -0.39 is 0 Å². The summed E-state index contributed by atoms with van der Waals surface area (Å²) in [7, 11) is 0. The predicted octanol–water partition coefficient (Wildman–Crippen LogP) is -0.714. The van der Waals surface area contributed by atoms with E-state index in [2.05, 4.69) is 25.4 Å².